The molecule has 1 N–H and O–H groups in total. The molecule has 1 aliphatic rings. The number of nitrogens with one attached hydrogen (secondary N) is 1. The maximum Gasteiger partial charge on any atom is 0.337 e. The van der Waals surface area contributed by atoms with Crippen LogP contribution in [0, 0.1) is 0 Å². The van der Waals surface area contributed by atoms with E-state index in [2.05, 4.69) is 16.4 Å². The van der Waals surface area contributed by atoms with Gasteiger partial charge in [0, 0.05) is 22.4 Å². The minimum atomic E-state index is -0.363. The van der Waals surface area contributed by atoms with Gasteiger partial charge in [0.25, 0.3) is 5.91 Å². The van der Waals surface area contributed by atoms with Gasteiger partial charge in [-0.25, -0.2) is 4.79 Å². The van der Waals surface area contributed by atoms with Crippen LogP contribution in [-0.4, -0.2) is 36.3 Å². The van der Waals surface area contributed by atoms with Crippen molar-refractivity contribution in [1.29, 1.82) is 0 Å². The normalized spacial score (nSPS) is 12.8. The third-order valence-electron chi connectivity index (χ3n) is 6.13. The first-order valence-electron chi connectivity index (χ1n) is 12.0. The number of esters is 1. The molecule has 0 spiro atoms. The quantitative estimate of drug-likeness (QED) is 0.333. The lowest BCUT2D eigenvalue weighted by Crippen LogP contribution is -2.23. The van der Waals surface area contributed by atoms with Crippen LogP contribution in [0.3, 0.4) is 0 Å². The van der Waals surface area contributed by atoms with Crippen molar-refractivity contribution in [3.05, 3.63) is 107 Å². The Morgan fingerprint density at radius 3 is 2.49 bits per heavy atom. The van der Waals surface area contributed by atoms with Crippen LogP contribution in [0.5, 0.6) is 0 Å². The van der Waals surface area contributed by atoms with E-state index in [0.717, 1.165) is 44.2 Å². The van der Waals surface area contributed by atoms with E-state index in [-0.39, 0.29) is 11.9 Å². The van der Waals surface area contributed by atoms with Crippen molar-refractivity contribution in [2.24, 2.45) is 0 Å². The summed E-state index contributed by atoms with van der Waals surface area (Å²) in [5.74, 6) is 0.387. The van der Waals surface area contributed by atoms with Gasteiger partial charge >= 0.3 is 5.97 Å². The molecule has 7 heteroatoms. The number of pyridine rings is 1. The molecule has 1 aliphatic heterocycles. The van der Waals surface area contributed by atoms with Crippen LogP contribution in [0.2, 0.25) is 0 Å². The van der Waals surface area contributed by atoms with E-state index in [1.807, 2.05) is 66.7 Å². The van der Waals surface area contributed by atoms with E-state index in [9.17, 15) is 9.59 Å². The van der Waals surface area contributed by atoms with Crippen LogP contribution in [-0.2, 0) is 22.6 Å². The molecule has 5 rings (SSSR count). The number of aromatic nitrogens is 1. The molecule has 2 heterocycles. The largest absolute Gasteiger partial charge is 0.465 e. The first kappa shape index (κ1) is 24.7. The van der Waals surface area contributed by atoms with Gasteiger partial charge in [0.05, 0.1) is 38.1 Å². The van der Waals surface area contributed by atoms with Gasteiger partial charge in [-0.05, 0) is 70.3 Å². The molecular formula is C30H26N2O4S. The summed E-state index contributed by atoms with van der Waals surface area (Å²) in [5.41, 5.74) is 6.94. The van der Waals surface area contributed by atoms with Crippen LogP contribution >= 0.6 is 11.8 Å². The van der Waals surface area contributed by atoms with Crippen molar-refractivity contribution >= 4 is 23.6 Å². The zero-order valence-corrected chi connectivity index (χ0v) is 21.2. The molecule has 0 saturated carbocycles. The summed E-state index contributed by atoms with van der Waals surface area (Å²) in [6, 6.07) is 25.1. The van der Waals surface area contributed by atoms with Gasteiger partial charge in [-0.15, -0.1) is 11.8 Å². The Hall–Kier alpha value is -3.94. The highest BCUT2D eigenvalue weighted by Gasteiger charge is 2.13. The topological polar surface area (TPSA) is 77.5 Å². The molecular weight excluding hydrogens is 484 g/mol. The molecule has 186 valence electrons. The third-order valence-corrected chi connectivity index (χ3v) is 7.19. The number of carbonyl (C=O) groups excluding carboxylic acids is 2. The molecule has 3 aromatic carbocycles. The van der Waals surface area contributed by atoms with Gasteiger partial charge in [0.15, 0.2) is 0 Å². The fourth-order valence-electron chi connectivity index (χ4n) is 4.19. The number of carbonyl (C=O) groups is 2. The molecule has 0 aliphatic carbocycles. The second-order valence-corrected chi connectivity index (χ2v) is 9.73. The van der Waals surface area contributed by atoms with Crippen molar-refractivity contribution in [2.75, 3.05) is 19.5 Å². The lowest BCUT2D eigenvalue weighted by Gasteiger charge is -2.10. The highest BCUT2D eigenvalue weighted by Crippen LogP contribution is 2.29. The van der Waals surface area contributed by atoms with Crippen molar-refractivity contribution in [3.63, 3.8) is 0 Å². The fourth-order valence-corrected chi connectivity index (χ4v) is 5.14. The van der Waals surface area contributed by atoms with Crippen LogP contribution < -0.4 is 5.32 Å². The van der Waals surface area contributed by atoms with Crippen LogP contribution in [0.15, 0.2) is 90.0 Å². The molecule has 0 atom stereocenters. The molecule has 4 aromatic rings. The van der Waals surface area contributed by atoms with Gasteiger partial charge in [0.1, 0.15) is 0 Å². The first-order valence-corrected chi connectivity index (χ1v) is 12.9. The summed E-state index contributed by atoms with van der Waals surface area (Å²) in [6.45, 7) is 1.62. The van der Waals surface area contributed by atoms with E-state index < -0.39 is 0 Å². The highest BCUT2D eigenvalue weighted by molar-refractivity contribution is 7.99. The Balaban J connectivity index is 1.30. The second kappa shape index (κ2) is 11.4. The first-order chi connectivity index (χ1) is 18.1. The number of hydrogen-bond donors (Lipinski definition) is 1. The standard InChI is InChI=1S/C30H26N2O4S/c1-35-30(34)25-7-3-6-22(15-25)20-4-2-5-21(14-20)23-10-11-31-27(16-23)18-32-29(33)24-8-9-26-19-36-12-13-37-28(26)17-24/h2-11,14-17H,12-13,18-19H2,1H3,(H,32,33). The van der Waals surface area contributed by atoms with Crippen molar-refractivity contribution < 1.29 is 19.1 Å². The summed E-state index contributed by atoms with van der Waals surface area (Å²) in [6.07, 6.45) is 1.75. The van der Waals surface area contributed by atoms with Crippen LogP contribution in [0.1, 0.15) is 32.0 Å². The number of benzene rings is 3. The maximum absolute atomic E-state index is 12.8. The molecule has 6 nitrogen and oxygen atoms in total. The van der Waals surface area contributed by atoms with Crippen molar-refractivity contribution in [3.8, 4) is 22.3 Å². The fraction of sp³-hybridized carbons (Fsp3) is 0.167. The summed E-state index contributed by atoms with van der Waals surface area (Å²) in [4.78, 5) is 30.3. The molecule has 0 radical (unpaired) electrons. The summed E-state index contributed by atoms with van der Waals surface area (Å²) < 4.78 is 10.4. The van der Waals surface area contributed by atoms with E-state index in [0.29, 0.717) is 30.9 Å². The molecule has 0 unspecified atom stereocenters. The zero-order valence-electron chi connectivity index (χ0n) is 20.4. The van der Waals surface area contributed by atoms with E-state index >= 15 is 0 Å². The second-order valence-electron chi connectivity index (χ2n) is 8.60. The predicted octanol–water partition coefficient (Wildman–Crippen LogP) is 5.75. The summed E-state index contributed by atoms with van der Waals surface area (Å²) in [5, 5.41) is 2.99. The Kier molecular flexibility index (Phi) is 7.63. The number of amides is 1. The molecule has 0 fully saturated rings. The van der Waals surface area contributed by atoms with E-state index in [1.165, 1.54) is 7.11 Å². The average Bonchev–Trinajstić information content (AvgIpc) is 3.21. The average molecular weight is 511 g/mol. The molecule has 1 aromatic heterocycles. The van der Waals surface area contributed by atoms with Gasteiger partial charge in [-0.3, -0.25) is 9.78 Å². The van der Waals surface area contributed by atoms with Gasteiger partial charge in [-0.2, -0.15) is 0 Å². The molecule has 0 bridgehead atoms. The lowest BCUT2D eigenvalue weighted by atomic mass is 9.98. The molecule has 0 saturated heterocycles. The number of thioether (sulfide) groups is 1. The predicted molar refractivity (Wildman–Crippen MR) is 144 cm³/mol. The van der Waals surface area contributed by atoms with Crippen LogP contribution in [0.25, 0.3) is 22.3 Å². The monoisotopic (exact) mass is 510 g/mol. The minimum Gasteiger partial charge on any atom is -0.465 e. The Morgan fingerprint density at radius 1 is 0.919 bits per heavy atom. The maximum atomic E-state index is 12.8. The van der Waals surface area contributed by atoms with Crippen molar-refractivity contribution in [1.82, 2.24) is 10.3 Å². The summed E-state index contributed by atoms with van der Waals surface area (Å²) in [7, 11) is 1.38. The van der Waals surface area contributed by atoms with Crippen molar-refractivity contribution in [2.45, 2.75) is 18.0 Å². The number of methoxy groups -OCH3 is 1. The summed E-state index contributed by atoms with van der Waals surface area (Å²) >= 11 is 1.72. The van der Waals surface area contributed by atoms with Gasteiger partial charge in [0.2, 0.25) is 0 Å². The Bertz CT molecular complexity index is 1450. The molecule has 37 heavy (non-hydrogen) atoms. The smallest absolute Gasteiger partial charge is 0.337 e. The number of rotatable bonds is 6. The SMILES string of the molecule is COC(=O)c1cccc(-c2cccc(-c3ccnc(CNC(=O)c4ccc5c(c4)SCCOC5)c3)c2)c1. The molecule has 1 amide bonds. The Morgan fingerprint density at radius 2 is 1.68 bits per heavy atom. The van der Waals surface area contributed by atoms with Gasteiger partial charge in [-0.1, -0.05) is 36.4 Å². The third kappa shape index (κ3) is 5.90. The number of ether oxygens (including phenoxy) is 2. The Labute approximate surface area is 220 Å². The zero-order chi connectivity index (χ0) is 25.6. The number of fused-ring (bicyclic) bond motifs is 1. The van der Waals surface area contributed by atoms with Gasteiger partial charge < -0.3 is 14.8 Å². The number of hydrogen-bond acceptors (Lipinski definition) is 6. The van der Waals surface area contributed by atoms with E-state index in [4.69, 9.17) is 9.47 Å². The minimum absolute atomic E-state index is 0.131. The van der Waals surface area contributed by atoms with Crippen LogP contribution in [0.4, 0.5) is 0 Å². The highest BCUT2D eigenvalue weighted by atomic mass is 32.2. The number of nitrogens with zero attached hydrogens (tertiary/aromatic N) is 1. The lowest BCUT2D eigenvalue weighted by molar-refractivity contribution is 0.0600. The van der Waals surface area contributed by atoms with E-state index in [1.54, 1.807) is 24.0 Å².